The van der Waals surface area contributed by atoms with Crippen molar-refractivity contribution < 1.29 is 13.2 Å². The van der Waals surface area contributed by atoms with Crippen LogP contribution in [0.1, 0.15) is 29.0 Å². The van der Waals surface area contributed by atoms with Crippen LogP contribution in [-0.4, -0.2) is 47.8 Å². The number of hydrogen-bond donors (Lipinski definition) is 1. The molecule has 4 rings (SSSR count). The Labute approximate surface area is 173 Å². The fraction of sp³-hybridized carbons (Fsp3) is 0.316. The van der Waals surface area contributed by atoms with Gasteiger partial charge >= 0.3 is 0 Å². The fourth-order valence-corrected chi connectivity index (χ4v) is 5.26. The number of hydrogen-bond acceptors (Lipinski definition) is 5. The lowest BCUT2D eigenvalue weighted by molar-refractivity contribution is 0.0954. The van der Waals surface area contributed by atoms with Gasteiger partial charge < -0.3 is 5.32 Å². The summed E-state index contributed by atoms with van der Waals surface area (Å²) >= 11 is 6.28. The van der Waals surface area contributed by atoms with Gasteiger partial charge in [-0.25, -0.2) is 8.42 Å². The highest BCUT2D eigenvalue weighted by Gasteiger charge is 2.26. The summed E-state index contributed by atoms with van der Waals surface area (Å²) in [7, 11) is -3.32. The highest BCUT2D eigenvalue weighted by molar-refractivity contribution is 7.92. The van der Waals surface area contributed by atoms with E-state index in [9.17, 15) is 13.2 Å². The molecule has 1 saturated heterocycles. The standard InChI is InChI=1S/C19H20ClN5O3S/c20-16-13-14(25-11-3-4-12-29(25,27)28)6-7-15(16)19(26)21-9-8-18-23-22-17-5-1-2-10-24(17)18/h1-2,5-7,10,13H,3-4,8-9,11-12H2,(H,21,26). The maximum atomic E-state index is 12.5. The lowest BCUT2D eigenvalue weighted by atomic mass is 10.2. The minimum Gasteiger partial charge on any atom is -0.352 e. The molecule has 1 aliphatic rings. The number of nitrogens with one attached hydrogen (secondary N) is 1. The molecule has 152 valence electrons. The van der Waals surface area contributed by atoms with Crippen molar-refractivity contribution in [2.75, 3.05) is 23.1 Å². The minimum absolute atomic E-state index is 0.129. The first kappa shape index (κ1) is 19.7. The molecular weight excluding hydrogens is 414 g/mol. The molecule has 1 aliphatic heterocycles. The lowest BCUT2D eigenvalue weighted by Gasteiger charge is -2.28. The molecule has 3 heterocycles. The number of aromatic nitrogens is 3. The average molecular weight is 434 g/mol. The minimum atomic E-state index is -3.32. The number of rotatable bonds is 5. The topological polar surface area (TPSA) is 96.7 Å². The van der Waals surface area contributed by atoms with E-state index in [4.69, 9.17) is 11.6 Å². The summed E-state index contributed by atoms with van der Waals surface area (Å²) in [5, 5.41) is 11.3. The first-order valence-electron chi connectivity index (χ1n) is 9.32. The van der Waals surface area contributed by atoms with Crippen LogP contribution in [0.25, 0.3) is 5.65 Å². The van der Waals surface area contributed by atoms with Gasteiger partial charge in [-0.15, -0.1) is 10.2 Å². The number of amides is 1. The Morgan fingerprint density at radius 2 is 2.03 bits per heavy atom. The first-order chi connectivity index (χ1) is 14.0. The van der Waals surface area contributed by atoms with E-state index >= 15 is 0 Å². The Hall–Kier alpha value is -2.65. The Morgan fingerprint density at radius 1 is 1.17 bits per heavy atom. The molecule has 1 fully saturated rings. The van der Waals surface area contributed by atoms with Crippen molar-refractivity contribution in [2.45, 2.75) is 19.3 Å². The predicted octanol–water partition coefficient (Wildman–Crippen LogP) is 2.29. The molecule has 1 N–H and O–H groups in total. The maximum Gasteiger partial charge on any atom is 0.252 e. The molecular formula is C19H20ClN5O3S. The second-order valence-electron chi connectivity index (χ2n) is 6.81. The van der Waals surface area contributed by atoms with E-state index in [1.54, 1.807) is 12.1 Å². The highest BCUT2D eigenvalue weighted by atomic mass is 35.5. The third-order valence-electron chi connectivity index (χ3n) is 4.85. The number of fused-ring (bicyclic) bond motifs is 1. The van der Waals surface area contributed by atoms with Gasteiger partial charge in [-0.2, -0.15) is 0 Å². The quantitative estimate of drug-likeness (QED) is 0.665. The first-order valence-corrected chi connectivity index (χ1v) is 11.3. The summed E-state index contributed by atoms with van der Waals surface area (Å²) in [6.07, 6.45) is 3.85. The van der Waals surface area contributed by atoms with Gasteiger partial charge in [0.1, 0.15) is 5.82 Å². The van der Waals surface area contributed by atoms with Crippen molar-refractivity contribution in [1.29, 1.82) is 0 Å². The molecule has 8 nitrogen and oxygen atoms in total. The van der Waals surface area contributed by atoms with Crippen molar-refractivity contribution in [1.82, 2.24) is 19.9 Å². The van der Waals surface area contributed by atoms with Crippen LogP contribution in [0.5, 0.6) is 0 Å². The van der Waals surface area contributed by atoms with Crippen LogP contribution >= 0.6 is 11.6 Å². The number of anilines is 1. The predicted molar refractivity (Wildman–Crippen MR) is 111 cm³/mol. The zero-order chi connectivity index (χ0) is 20.4. The number of pyridine rings is 1. The van der Waals surface area contributed by atoms with Crippen LogP contribution in [0, 0.1) is 0 Å². The molecule has 1 aromatic carbocycles. The van der Waals surface area contributed by atoms with E-state index in [2.05, 4.69) is 15.5 Å². The van der Waals surface area contributed by atoms with Crippen molar-refractivity contribution >= 4 is 38.9 Å². The Bertz CT molecular complexity index is 1160. The highest BCUT2D eigenvalue weighted by Crippen LogP contribution is 2.28. The third-order valence-corrected chi connectivity index (χ3v) is 7.04. The van der Waals surface area contributed by atoms with Gasteiger partial charge in [-0.05, 0) is 43.2 Å². The monoisotopic (exact) mass is 433 g/mol. The molecule has 10 heteroatoms. The average Bonchev–Trinajstić information content (AvgIpc) is 3.11. The number of nitrogens with zero attached hydrogens (tertiary/aromatic N) is 4. The second kappa shape index (κ2) is 8.00. The zero-order valence-corrected chi connectivity index (χ0v) is 17.2. The van der Waals surface area contributed by atoms with E-state index in [1.807, 2.05) is 28.8 Å². The van der Waals surface area contributed by atoms with Crippen molar-refractivity contribution in [3.8, 4) is 0 Å². The van der Waals surface area contributed by atoms with Gasteiger partial charge in [0.2, 0.25) is 10.0 Å². The van der Waals surface area contributed by atoms with E-state index in [0.717, 1.165) is 17.9 Å². The molecule has 29 heavy (non-hydrogen) atoms. The van der Waals surface area contributed by atoms with E-state index in [0.29, 0.717) is 37.2 Å². The van der Waals surface area contributed by atoms with Crippen LogP contribution in [-0.2, 0) is 16.4 Å². The van der Waals surface area contributed by atoms with Crippen molar-refractivity contribution in [3.63, 3.8) is 0 Å². The Kier molecular flexibility index (Phi) is 5.42. The number of halogens is 1. The van der Waals surface area contributed by atoms with Gasteiger partial charge in [0.15, 0.2) is 5.65 Å². The maximum absolute atomic E-state index is 12.5. The van der Waals surface area contributed by atoms with Gasteiger partial charge in [-0.1, -0.05) is 17.7 Å². The van der Waals surface area contributed by atoms with E-state index < -0.39 is 10.0 Å². The van der Waals surface area contributed by atoms with Gasteiger partial charge in [0.05, 0.1) is 22.0 Å². The molecule has 0 radical (unpaired) electrons. The van der Waals surface area contributed by atoms with Crippen LogP contribution in [0.4, 0.5) is 5.69 Å². The number of sulfonamides is 1. The number of carbonyl (C=O) groups is 1. The van der Waals surface area contributed by atoms with Crippen LogP contribution < -0.4 is 9.62 Å². The molecule has 0 spiro atoms. The molecule has 0 bridgehead atoms. The summed E-state index contributed by atoms with van der Waals surface area (Å²) in [6, 6.07) is 10.3. The summed E-state index contributed by atoms with van der Waals surface area (Å²) in [6.45, 7) is 0.795. The van der Waals surface area contributed by atoms with Crippen LogP contribution in [0.15, 0.2) is 42.6 Å². The van der Waals surface area contributed by atoms with Crippen molar-refractivity contribution in [3.05, 3.63) is 59.0 Å². The normalized spacial score (nSPS) is 16.1. The lowest BCUT2D eigenvalue weighted by Crippen LogP contribution is -2.37. The fourth-order valence-electron chi connectivity index (χ4n) is 3.37. The van der Waals surface area contributed by atoms with Crippen LogP contribution in [0.3, 0.4) is 0 Å². The zero-order valence-electron chi connectivity index (χ0n) is 15.6. The Balaban J connectivity index is 1.42. The molecule has 0 atom stereocenters. The molecule has 2 aromatic heterocycles. The second-order valence-corrected chi connectivity index (χ2v) is 9.23. The summed E-state index contributed by atoms with van der Waals surface area (Å²) in [5.41, 5.74) is 1.54. The molecule has 0 saturated carbocycles. The third kappa shape index (κ3) is 4.06. The Morgan fingerprint density at radius 3 is 2.83 bits per heavy atom. The van der Waals surface area contributed by atoms with Crippen LogP contribution in [0.2, 0.25) is 5.02 Å². The molecule has 0 unspecified atom stereocenters. The van der Waals surface area contributed by atoms with Gasteiger partial charge in [0.25, 0.3) is 5.91 Å². The van der Waals surface area contributed by atoms with E-state index in [1.165, 1.54) is 10.4 Å². The van der Waals surface area contributed by atoms with Crippen molar-refractivity contribution in [2.24, 2.45) is 0 Å². The SMILES string of the molecule is O=C(NCCc1nnc2ccccn12)c1ccc(N2CCCCS2(=O)=O)cc1Cl. The number of benzene rings is 1. The molecule has 1 amide bonds. The van der Waals surface area contributed by atoms with Gasteiger partial charge in [0, 0.05) is 25.7 Å². The number of carbonyl (C=O) groups excluding carboxylic acids is 1. The summed E-state index contributed by atoms with van der Waals surface area (Å²) in [4.78, 5) is 12.5. The smallest absolute Gasteiger partial charge is 0.252 e. The van der Waals surface area contributed by atoms with Gasteiger partial charge in [-0.3, -0.25) is 13.5 Å². The molecule has 0 aliphatic carbocycles. The van der Waals surface area contributed by atoms with E-state index in [-0.39, 0.29) is 16.7 Å². The largest absolute Gasteiger partial charge is 0.352 e. The summed E-state index contributed by atoms with van der Waals surface area (Å²) in [5.74, 6) is 0.555. The molecule has 3 aromatic rings. The summed E-state index contributed by atoms with van der Waals surface area (Å²) < 4.78 is 27.7.